The Labute approximate surface area is 302 Å². The van der Waals surface area contributed by atoms with Crippen LogP contribution in [0, 0.1) is 20.2 Å². The number of nitro benzene ring substituents is 2. The first-order valence-corrected chi connectivity index (χ1v) is 16.1. The van der Waals surface area contributed by atoms with E-state index in [1.165, 1.54) is 60.7 Å². The maximum absolute atomic E-state index is 13.9. The summed E-state index contributed by atoms with van der Waals surface area (Å²) in [5, 5.41) is 53.5. The molecule has 0 aromatic heterocycles. The lowest BCUT2D eigenvalue weighted by atomic mass is 9.79. The molecular weight excluding hydrogens is 688 g/mol. The summed E-state index contributed by atoms with van der Waals surface area (Å²) >= 11 is 0. The standard InChI is InChI=1S/C37H34N6O10/c1-21-32(35(45)40-26-9-13-28(14-10-26)42(49)50)34(33(22(2)39-21)36(46)41-27-11-15-29(16-12-27)43(51)52)23-5-17-31(18-6-23)53-20-30(44)19-38-25-7-3-24(4-8-25)37(47)48/h3-18,30,34,38-39,44H,19-20H2,1-2H3,(H,40,45)(H,41,46)(H,47,48). The molecule has 272 valence electrons. The van der Waals surface area contributed by atoms with Gasteiger partial charge in [-0.1, -0.05) is 12.1 Å². The molecule has 4 aromatic rings. The number of carboxylic acid groups (broad SMARTS) is 1. The molecule has 16 heteroatoms. The molecule has 4 aromatic carbocycles. The zero-order valence-electron chi connectivity index (χ0n) is 28.4. The topological polar surface area (TPSA) is 235 Å². The van der Waals surface area contributed by atoms with E-state index in [4.69, 9.17) is 9.84 Å². The molecule has 53 heavy (non-hydrogen) atoms. The summed E-state index contributed by atoms with van der Waals surface area (Å²) in [5.41, 5.74) is 2.84. The van der Waals surface area contributed by atoms with Crippen LogP contribution < -0.4 is 26.0 Å². The number of amides is 2. The van der Waals surface area contributed by atoms with Gasteiger partial charge in [0.15, 0.2) is 0 Å². The second-order valence-corrected chi connectivity index (χ2v) is 11.9. The fraction of sp³-hybridized carbons (Fsp3) is 0.162. The summed E-state index contributed by atoms with van der Waals surface area (Å²) in [7, 11) is 0. The number of rotatable bonds is 14. The minimum absolute atomic E-state index is 0.0866. The maximum atomic E-state index is 13.9. The summed E-state index contributed by atoms with van der Waals surface area (Å²) < 4.78 is 5.79. The predicted molar refractivity (Wildman–Crippen MR) is 195 cm³/mol. The summed E-state index contributed by atoms with van der Waals surface area (Å²) in [4.78, 5) is 60.1. The van der Waals surface area contributed by atoms with Crippen molar-refractivity contribution in [2.45, 2.75) is 25.9 Å². The van der Waals surface area contributed by atoms with Crippen LogP contribution in [0.15, 0.2) is 120 Å². The number of anilines is 3. The van der Waals surface area contributed by atoms with E-state index >= 15 is 0 Å². The van der Waals surface area contributed by atoms with Gasteiger partial charge in [0.2, 0.25) is 0 Å². The van der Waals surface area contributed by atoms with Gasteiger partial charge in [-0.3, -0.25) is 29.8 Å². The number of benzene rings is 4. The predicted octanol–water partition coefficient (Wildman–Crippen LogP) is 5.57. The number of aliphatic hydroxyl groups excluding tert-OH is 1. The van der Waals surface area contributed by atoms with E-state index in [0.29, 0.717) is 28.4 Å². The largest absolute Gasteiger partial charge is 0.491 e. The molecule has 0 radical (unpaired) electrons. The molecule has 1 heterocycles. The molecule has 1 aliphatic heterocycles. The van der Waals surface area contributed by atoms with Crippen LogP contribution in [0.25, 0.3) is 0 Å². The van der Waals surface area contributed by atoms with Gasteiger partial charge >= 0.3 is 5.97 Å². The number of carbonyl (C=O) groups excluding carboxylic acids is 2. The van der Waals surface area contributed by atoms with Gasteiger partial charge < -0.3 is 36.2 Å². The van der Waals surface area contributed by atoms with Gasteiger partial charge in [0, 0.05) is 76.3 Å². The number of ether oxygens (including phenoxy) is 1. The third-order valence-corrected chi connectivity index (χ3v) is 8.25. The first-order chi connectivity index (χ1) is 25.3. The van der Waals surface area contributed by atoms with Crippen molar-refractivity contribution in [1.82, 2.24) is 5.32 Å². The smallest absolute Gasteiger partial charge is 0.335 e. The summed E-state index contributed by atoms with van der Waals surface area (Å²) in [5.74, 6) is -2.73. The molecule has 5 rings (SSSR count). The monoisotopic (exact) mass is 722 g/mol. The lowest BCUT2D eigenvalue weighted by Crippen LogP contribution is -2.35. The highest BCUT2D eigenvalue weighted by Gasteiger charge is 2.36. The van der Waals surface area contributed by atoms with Crippen LogP contribution in [0.3, 0.4) is 0 Å². The van der Waals surface area contributed by atoms with Crippen molar-refractivity contribution in [3.05, 3.63) is 151 Å². The summed E-state index contributed by atoms with van der Waals surface area (Å²) in [6.07, 6.45) is -0.932. The van der Waals surface area contributed by atoms with E-state index in [9.17, 15) is 39.7 Å². The Morgan fingerprint density at radius 2 is 1.19 bits per heavy atom. The highest BCUT2D eigenvalue weighted by Crippen LogP contribution is 2.40. The number of nitrogens with one attached hydrogen (secondary N) is 4. The van der Waals surface area contributed by atoms with E-state index in [2.05, 4.69) is 21.3 Å². The molecular formula is C37H34N6O10. The Morgan fingerprint density at radius 1 is 0.736 bits per heavy atom. The minimum Gasteiger partial charge on any atom is -0.491 e. The highest BCUT2D eigenvalue weighted by molar-refractivity contribution is 6.12. The van der Waals surface area contributed by atoms with Crippen molar-refractivity contribution < 1.29 is 39.2 Å². The number of dihydropyridines is 1. The quantitative estimate of drug-likeness (QED) is 0.0693. The van der Waals surface area contributed by atoms with Crippen molar-refractivity contribution in [3.63, 3.8) is 0 Å². The number of carbonyl (C=O) groups is 3. The average Bonchev–Trinajstić information content (AvgIpc) is 3.13. The van der Waals surface area contributed by atoms with Crippen LogP contribution in [0.2, 0.25) is 0 Å². The van der Waals surface area contributed by atoms with E-state index in [1.54, 1.807) is 50.2 Å². The molecule has 0 spiro atoms. The zero-order chi connectivity index (χ0) is 38.2. The molecule has 0 aliphatic carbocycles. The lowest BCUT2D eigenvalue weighted by Gasteiger charge is -2.31. The van der Waals surface area contributed by atoms with E-state index < -0.39 is 39.7 Å². The number of hydrogen-bond donors (Lipinski definition) is 6. The average molecular weight is 723 g/mol. The Morgan fingerprint density at radius 3 is 1.62 bits per heavy atom. The van der Waals surface area contributed by atoms with Crippen LogP contribution in [-0.2, 0) is 9.59 Å². The van der Waals surface area contributed by atoms with Crippen molar-refractivity contribution in [3.8, 4) is 5.75 Å². The fourth-order valence-electron chi connectivity index (χ4n) is 5.63. The molecule has 1 aliphatic rings. The van der Waals surface area contributed by atoms with Crippen molar-refractivity contribution in [2.75, 3.05) is 29.1 Å². The third kappa shape index (κ3) is 9.19. The zero-order valence-corrected chi connectivity index (χ0v) is 28.4. The molecule has 0 saturated carbocycles. The van der Waals surface area contributed by atoms with Crippen LogP contribution in [0.1, 0.15) is 35.7 Å². The van der Waals surface area contributed by atoms with Crippen LogP contribution >= 0.6 is 0 Å². The minimum atomic E-state index is -1.04. The molecule has 0 fully saturated rings. The van der Waals surface area contributed by atoms with E-state index in [0.717, 1.165) is 0 Å². The van der Waals surface area contributed by atoms with Gasteiger partial charge in [0.05, 0.1) is 15.4 Å². The molecule has 0 saturated heterocycles. The number of allylic oxidation sites excluding steroid dienone is 2. The van der Waals surface area contributed by atoms with Crippen molar-refractivity contribution in [1.29, 1.82) is 0 Å². The Balaban J connectivity index is 1.37. The first-order valence-electron chi connectivity index (χ1n) is 16.1. The molecule has 1 atom stereocenters. The van der Waals surface area contributed by atoms with Gasteiger partial charge in [-0.15, -0.1) is 0 Å². The van der Waals surface area contributed by atoms with Crippen LogP contribution in [-0.4, -0.2) is 57.1 Å². The molecule has 0 bridgehead atoms. The number of non-ortho nitro benzene ring substituents is 2. The lowest BCUT2D eigenvalue weighted by molar-refractivity contribution is -0.385. The van der Waals surface area contributed by atoms with Gasteiger partial charge in [0.1, 0.15) is 18.5 Å². The Bertz CT molecular complexity index is 2000. The molecule has 1 unspecified atom stereocenters. The number of nitro groups is 2. The van der Waals surface area contributed by atoms with E-state index in [1.807, 2.05) is 0 Å². The van der Waals surface area contributed by atoms with Gasteiger partial charge in [-0.05, 0) is 80.1 Å². The number of nitrogens with zero attached hydrogens (tertiary/aromatic N) is 2. The summed E-state index contributed by atoms with van der Waals surface area (Å²) in [6.45, 7) is 3.39. The molecule has 2 amide bonds. The van der Waals surface area contributed by atoms with Gasteiger partial charge in [0.25, 0.3) is 23.2 Å². The first kappa shape index (κ1) is 37.2. The van der Waals surface area contributed by atoms with Crippen molar-refractivity contribution in [2.24, 2.45) is 0 Å². The van der Waals surface area contributed by atoms with Crippen molar-refractivity contribution >= 4 is 46.2 Å². The number of aromatic carboxylic acids is 1. The second kappa shape index (κ2) is 16.3. The van der Waals surface area contributed by atoms with E-state index in [-0.39, 0.29) is 52.6 Å². The molecule has 6 N–H and O–H groups in total. The number of hydrogen-bond acceptors (Lipinski definition) is 11. The highest BCUT2D eigenvalue weighted by atomic mass is 16.6. The van der Waals surface area contributed by atoms with Crippen LogP contribution in [0.5, 0.6) is 5.75 Å². The molecule has 16 nitrogen and oxygen atoms in total. The third-order valence-electron chi connectivity index (χ3n) is 8.25. The maximum Gasteiger partial charge on any atom is 0.335 e. The normalized spacial score (nSPS) is 13.4. The van der Waals surface area contributed by atoms with Gasteiger partial charge in [-0.25, -0.2) is 4.79 Å². The van der Waals surface area contributed by atoms with Gasteiger partial charge in [-0.2, -0.15) is 0 Å². The fourth-order valence-corrected chi connectivity index (χ4v) is 5.63. The summed E-state index contributed by atoms with van der Waals surface area (Å²) in [6, 6.07) is 23.3. The second-order valence-electron chi connectivity index (χ2n) is 11.9. The Kier molecular flexibility index (Phi) is 11.4. The van der Waals surface area contributed by atoms with Crippen LogP contribution in [0.4, 0.5) is 28.4 Å². The number of aliphatic hydroxyl groups is 1. The number of carboxylic acids is 1. The Hall–Kier alpha value is -7.07. The SMILES string of the molecule is CC1=C(C(=O)Nc2ccc([N+](=O)[O-])cc2)C(c2ccc(OCC(O)CNc3ccc(C(=O)O)cc3)cc2)C(C(=O)Nc2ccc([N+](=O)[O-])cc2)=C(C)N1.